The summed E-state index contributed by atoms with van der Waals surface area (Å²) in [7, 11) is 3.47. The predicted molar refractivity (Wildman–Crippen MR) is 72.6 cm³/mol. The lowest BCUT2D eigenvalue weighted by molar-refractivity contribution is 0.230. The van der Waals surface area contributed by atoms with Crippen molar-refractivity contribution in [3.63, 3.8) is 0 Å². The third-order valence-corrected chi connectivity index (χ3v) is 2.80. The van der Waals surface area contributed by atoms with Gasteiger partial charge in [0, 0.05) is 19.8 Å². The highest BCUT2D eigenvalue weighted by molar-refractivity contribution is 5.89. The molecular formula is C14H22N2O. The van der Waals surface area contributed by atoms with Crippen LogP contribution in [-0.2, 0) is 6.42 Å². The van der Waals surface area contributed by atoms with Crippen LogP contribution >= 0.6 is 0 Å². The first kappa shape index (κ1) is 13.6. The first-order chi connectivity index (χ1) is 7.95. The normalized spacial score (nSPS) is 10.5. The van der Waals surface area contributed by atoms with Crippen LogP contribution in [0.5, 0.6) is 0 Å². The minimum absolute atomic E-state index is 0.0932. The highest BCUT2D eigenvalue weighted by atomic mass is 16.2. The van der Waals surface area contributed by atoms with Crippen molar-refractivity contribution in [3.8, 4) is 0 Å². The third-order valence-electron chi connectivity index (χ3n) is 2.80. The molecule has 1 aromatic carbocycles. The van der Waals surface area contributed by atoms with Crippen molar-refractivity contribution in [2.75, 3.05) is 19.4 Å². The van der Waals surface area contributed by atoms with Crippen LogP contribution in [0.2, 0.25) is 0 Å². The molecule has 0 unspecified atom stereocenters. The van der Waals surface area contributed by atoms with Crippen LogP contribution < -0.4 is 5.32 Å². The first-order valence-corrected chi connectivity index (χ1v) is 6.06. The van der Waals surface area contributed by atoms with Gasteiger partial charge in [-0.1, -0.05) is 26.8 Å². The van der Waals surface area contributed by atoms with Gasteiger partial charge in [0.05, 0.1) is 0 Å². The van der Waals surface area contributed by atoms with Crippen LogP contribution in [0.3, 0.4) is 0 Å². The second-order valence-electron chi connectivity index (χ2n) is 4.75. The van der Waals surface area contributed by atoms with Crippen molar-refractivity contribution in [1.29, 1.82) is 0 Å². The van der Waals surface area contributed by atoms with Gasteiger partial charge in [-0.25, -0.2) is 4.79 Å². The monoisotopic (exact) mass is 234 g/mol. The summed E-state index contributed by atoms with van der Waals surface area (Å²) in [6.07, 6.45) is 0.985. The highest BCUT2D eigenvalue weighted by Gasteiger charge is 2.08. The maximum atomic E-state index is 11.5. The van der Waals surface area contributed by atoms with Crippen molar-refractivity contribution in [1.82, 2.24) is 4.90 Å². The topological polar surface area (TPSA) is 32.3 Å². The summed E-state index contributed by atoms with van der Waals surface area (Å²) in [5.41, 5.74) is 3.52. The molecule has 0 bridgehead atoms. The van der Waals surface area contributed by atoms with E-state index in [2.05, 4.69) is 38.2 Å². The van der Waals surface area contributed by atoms with Crippen molar-refractivity contribution in [2.45, 2.75) is 33.1 Å². The molecule has 0 saturated heterocycles. The van der Waals surface area contributed by atoms with Gasteiger partial charge in [-0.3, -0.25) is 0 Å². The summed E-state index contributed by atoms with van der Waals surface area (Å²) < 4.78 is 0. The van der Waals surface area contributed by atoms with E-state index in [9.17, 15) is 4.79 Å². The molecule has 2 amide bonds. The second-order valence-corrected chi connectivity index (χ2v) is 4.75. The van der Waals surface area contributed by atoms with Crippen LogP contribution in [-0.4, -0.2) is 25.0 Å². The zero-order chi connectivity index (χ0) is 13.0. The van der Waals surface area contributed by atoms with E-state index < -0.39 is 0 Å². The number of carbonyl (C=O) groups excluding carboxylic acids is 1. The van der Waals surface area contributed by atoms with Crippen LogP contribution in [0, 0.1) is 0 Å². The highest BCUT2D eigenvalue weighted by Crippen LogP contribution is 2.23. The Labute approximate surface area is 104 Å². The minimum Gasteiger partial charge on any atom is -0.331 e. The number of anilines is 1. The van der Waals surface area contributed by atoms with Crippen LogP contribution in [0.15, 0.2) is 18.2 Å². The van der Waals surface area contributed by atoms with Gasteiger partial charge < -0.3 is 10.2 Å². The van der Waals surface area contributed by atoms with E-state index in [0.717, 1.165) is 12.1 Å². The Morgan fingerprint density at radius 3 is 2.47 bits per heavy atom. The number of nitrogens with zero attached hydrogens (tertiary/aromatic N) is 1. The molecule has 0 aromatic heterocycles. The van der Waals surface area contributed by atoms with Crippen molar-refractivity contribution in [2.24, 2.45) is 0 Å². The molecule has 0 spiro atoms. The van der Waals surface area contributed by atoms with Gasteiger partial charge in [0.1, 0.15) is 0 Å². The SMILES string of the molecule is CCc1cc(NC(=O)N(C)C)ccc1C(C)C. The molecule has 0 aliphatic rings. The fraction of sp³-hybridized carbons (Fsp3) is 0.500. The van der Waals surface area contributed by atoms with Gasteiger partial charge in [0.15, 0.2) is 0 Å². The van der Waals surface area contributed by atoms with Crippen LogP contribution in [0.1, 0.15) is 37.8 Å². The zero-order valence-corrected chi connectivity index (χ0v) is 11.4. The molecule has 0 aliphatic carbocycles. The molecule has 0 aliphatic heterocycles. The molecule has 1 aromatic rings. The number of urea groups is 1. The summed E-state index contributed by atoms with van der Waals surface area (Å²) in [4.78, 5) is 13.1. The van der Waals surface area contributed by atoms with E-state index in [1.807, 2.05) is 6.07 Å². The molecule has 0 heterocycles. The maximum absolute atomic E-state index is 11.5. The fourth-order valence-electron chi connectivity index (χ4n) is 1.79. The summed E-state index contributed by atoms with van der Waals surface area (Å²) in [5.74, 6) is 0.517. The van der Waals surface area contributed by atoms with Gasteiger partial charge in [-0.05, 0) is 35.6 Å². The summed E-state index contributed by atoms with van der Waals surface area (Å²) >= 11 is 0. The smallest absolute Gasteiger partial charge is 0.321 e. The number of amides is 2. The van der Waals surface area contributed by atoms with E-state index in [1.54, 1.807) is 14.1 Å². The number of aryl methyl sites for hydroxylation is 1. The Kier molecular flexibility index (Phi) is 4.55. The molecular weight excluding hydrogens is 212 g/mol. The standard InChI is InChI=1S/C14H22N2O/c1-6-11-9-12(15-14(17)16(4)5)7-8-13(11)10(2)3/h7-10H,6H2,1-5H3,(H,15,17). The lowest BCUT2D eigenvalue weighted by atomic mass is 9.95. The zero-order valence-electron chi connectivity index (χ0n) is 11.4. The number of hydrogen-bond acceptors (Lipinski definition) is 1. The number of rotatable bonds is 3. The van der Waals surface area contributed by atoms with Gasteiger partial charge in [0.25, 0.3) is 0 Å². The van der Waals surface area contributed by atoms with Crippen LogP contribution in [0.4, 0.5) is 10.5 Å². The fourth-order valence-corrected chi connectivity index (χ4v) is 1.79. The molecule has 1 rings (SSSR count). The van der Waals surface area contributed by atoms with E-state index in [1.165, 1.54) is 16.0 Å². The Morgan fingerprint density at radius 2 is 2.00 bits per heavy atom. The molecule has 0 fully saturated rings. The predicted octanol–water partition coefficient (Wildman–Crippen LogP) is 3.47. The molecule has 1 N–H and O–H groups in total. The molecule has 17 heavy (non-hydrogen) atoms. The summed E-state index contributed by atoms with van der Waals surface area (Å²) in [6.45, 7) is 6.51. The average Bonchev–Trinajstić information content (AvgIpc) is 2.28. The summed E-state index contributed by atoms with van der Waals surface area (Å²) in [5, 5.41) is 2.87. The van der Waals surface area contributed by atoms with Gasteiger partial charge in [-0.15, -0.1) is 0 Å². The van der Waals surface area contributed by atoms with E-state index in [4.69, 9.17) is 0 Å². The van der Waals surface area contributed by atoms with E-state index in [0.29, 0.717) is 5.92 Å². The quantitative estimate of drug-likeness (QED) is 0.853. The molecule has 3 nitrogen and oxygen atoms in total. The van der Waals surface area contributed by atoms with Crippen molar-refractivity contribution >= 4 is 11.7 Å². The average molecular weight is 234 g/mol. The largest absolute Gasteiger partial charge is 0.331 e. The number of nitrogens with one attached hydrogen (secondary N) is 1. The molecule has 0 radical (unpaired) electrons. The number of benzene rings is 1. The minimum atomic E-state index is -0.0932. The van der Waals surface area contributed by atoms with Gasteiger partial charge >= 0.3 is 6.03 Å². The molecule has 3 heteroatoms. The number of hydrogen-bond donors (Lipinski definition) is 1. The Hall–Kier alpha value is -1.51. The number of carbonyl (C=O) groups is 1. The molecule has 0 atom stereocenters. The third kappa shape index (κ3) is 3.48. The maximum Gasteiger partial charge on any atom is 0.321 e. The van der Waals surface area contributed by atoms with Crippen LogP contribution in [0.25, 0.3) is 0 Å². The second kappa shape index (κ2) is 5.71. The Morgan fingerprint density at radius 1 is 1.35 bits per heavy atom. The van der Waals surface area contributed by atoms with Crippen molar-refractivity contribution < 1.29 is 4.79 Å². The van der Waals surface area contributed by atoms with E-state index in [-0.39, 0.29) is 6.03 Å². The van der Waals surface area contributed by atoms with Gasteiger partial charge in [-0.2, -0.15) is 0 Å². The molecule has 94 valence electrons. The lowest BCUT2D eigenvalue weighted by Gasteiger charge is -2.16. The lowest BCUT2D eigenvalue weighted by Crippen LogP contribution is -2.27. The Bertz CT molecular complexity index is 397. The Balaban J connectivity index is 2.94. The van der Waals surface area contributed by atoms with E-state index >= 15 is 0 Å². The first-order valence-electron chi connectivity index (χ1n) is 6.06. The summed E-state index contributed by atoms with van der Waals surface area (Å²) in [6, 6.07) is 6.05. The van der Waals surface area contributed by atoms with Crippen molar-refractivity contribution in [3.05, 3.63) is 29.3 Å². The van der Waals surface area contributed by atoms with Gasteiger partial charge in [0.2, 0.25) is 0 Å². The molecule has 0 saturated carbocycles.